The van der Waals surface area contributed by atoms with Crippen LogP contribution in [0.4, 0.5) is 0 Å². The van der Waals surface area contributed by atoms with Gasteiger partial charge in [-0.25, -0.2) is 0 Å². The molecule has 0 amide bonds. The Labute approximate surface area is 51.7 Å². The molecule has 1 radical (unpaired) electrons. The van der Waals surface area contributed by atoms with Gasteiger partial charge < -0.3 is 0 Å². The molecule has 0 aliphatic carbocycles. The lowest BCUT2D eigenvalue weighted by atomic mass is 10.1. The lowest BCUT2D eigenvalue weighted by Crippen LogP contribution is -2.24. The van der Waals surface area contributed by atoms with E-state index in [-0.39, 0.29) is 0 Å². The normalized spacial score (nSPS) is 23.6. The fourth-order valence-corrected chi connectivity index (χ4v) is 1.11. The first kappa shape index (κ1) is 6.09. The van der Waals surface area contributed by atoms with Gasteiger partial charge in [-0.1, -0.05) is 13.3 Å². The van der Waals surface area contributed by atoms with Gasteiger partial charge in [-0.15, -0.1) is 0 Å². The van der Waals surface area contributed by atoms with Crippen molar-refractivity contribution in [2.75, 3.05) is 13.1 Å². The molecule has 0 unspecified atom stereocenters. The van der Waals surface area contributed by atoms with Crippen LogP contribution in [0.5, 0.6) is 0 Å². The third-order valence-corrected chi connectivity index (χ3v) is 1.69. The van der Waals surface area contributed by atoms with Crippen LogP contribution in [-0.4, -0.2) is 18.0 Å². The van der Waals surface area contributed by atoms with E-state index in [1.54, 1.807) is 0 Å². The van der Waals surface area contributed by atoms with E-state index >= 15 is 0 Å². The molecule has 0 aromatic carbocycles. The Morgan fingerprint density at radius 2 is 2.38 bits per heavy atom. The Kier molecular flexibility index (Phi) is 2.34. The van der Waals surface area contributed by atoms with Gasteiger partial charge in [0.05, 0.1) is 0 Å². The minimum absolute atomic E-state index is 1.19. The van der Waals surface area contributed by atoms with Gasteiger partial charge in [0, 0.05) is 6.54 Å². The second-order valence-corrected chi connectivity index (χ2v) is 2.31. The zero-order chi connectivity index (χ0) is 5.82. The van der Waals surface area contributed by atoms with E-state index in [9.17, 15) is 0 Å². The first-order chi connectivity index (χ1) is 3.93. The maximum atomic E-state index is 2.39. The van der Waals surface area contributed by atoms with E-state index in [1.807, 2.05) is 0 Å². The molecule has 47 valence electrons. The van der Waals surface area contributed by atoms with Gasteiger partial charge in [-0.05, 0) is 25.9 Å². The maximum absolute atomic E-state index is 2.39. The summed E-state index contributed by atoms with van der Waals surface area (Å²) in [7, 11) is 0. The van der Waals surface area contributed by atoms with Crippen molar-refractivity contribution in [1.82, 2.24) is 4.90 Å². The van der Waals surface area contributed by atoms with Crippen molar-refractivity contribution in [3.05, 3.63) is 6.54 Å². The summed E-state index contributed by atoms with van der Waals surface area (Å²) in [5, 5.41) is 0. The largest absolute Gasteiger partial charge is 0.299 e. The molecule has 0 aromatic heterocycles. The highest BCUT2D eigenvalue weighted by atomic mass is 15.1. The van der Waals surface area contributed by atoms with Crippen molar-refractivity contribution in [2.24, 2.45) is 0 Å². The summed E-state index contributed by atoms with van der Waals surface area (Å²) in [4.78, 5) is 2.39. The van der Waals surface area contributed by atoms with Crippen LogP contribution in [0.3, 0.4) is 0 Å². The predicted octanol–water partition coefficient (Wildman–Crippen LogP) is 1.65. The summed E-state index contributed by atoms with van der Waals surface area (Å²) in [6.07, 6.45) is 4.09. The van der Waals surface area contributed by atoms with E-state index in [0.29, 0.717) is 0 Å². The van der Waals surface area contributed by atoms with Crippen LogP contribution >= 0.6 is 0 Å². The van der Waals surface area contributed by atoms with Crippen LogP contribution in [0, 0.1) is 6.54 Å². The Hall–Kier alpha value is -0.0400. The Morgan fingerprint density at radius 1 is 1.50 bits per heavy atom. The molecule has 1 saturated heterocycles. The van der Waals surface area contributed by atoms with E-state index in [2.05, 4.69) is 18.4 Å². The number of nitrogens with zero attached hydrogens (tertiary/aromatic N) is 1. The molecule has 1 nitrogen and oxygen atoms in total. The fraction of sp³-hybridized carbons (Fsp3) is 0.857. The molecule has 1 heteroatoms. The van der Waals surface area contributed by atoms with Crippen molar-refractivity contribution in [2.45, 2.75) is 26.2 Å². The summed E-state index contributed by atoms with van der Waals surface area (Å²) >= 11 is 0. The van der Waals surface area contributed by atoms with Gasteiger partial charge in [0.2, 0.25) is 0 Å². The lowest BCUT2D eigenvalue weighted by Gasteiger charge is -2.23. The van der Waals surface area contributed by atoms with Gasteiger partial charge in [0.1, 0.15) is 0 Å². The van der Waals surface area contributed by atoms with Crippen LogP contribution in [0.25, 0.3) is 0 Å². The number of hydrogen-bond donors (Lipinski definition) is 0. The average Bonchev–Trinajstić information content (AvgIpc) is 1.90. The van der Waals surface area contributed by atoms with E-state index in [0.717, 1.165) is 0 Å². The zero-order valence-corrected chi connectivity index (χ0v) is 5.56. The highest BCUT2D eigenvalue weighted by Gasteiger charge is 2.06. The maximum Gasteiger partial charge on any atom is 0.0251 e. The van der Waals surface area contributed by atoms with Crippen molar-refractivity contribution >= 4 is 0 Å². The van der Waals surface area contributed by atoms with Crippen LogP contribution < -0.4 is 0 Å². The second-order valence-electron chi connectivity index (χ2n) is 2.31. The summed E-state index contributed by atoms with van der Waals surface area (Å²) in [5.74, 6) is 0. The van der Waals surface area contributed by atoms with Crippen molar-refractivity contribution < 1.29 is 0 Å². The number of rotatable bonds is 1. The van der Waals surface area contributed by atoms with Crippen LogP contribution in [0.1, 0.15) is 26.2 Å². The van der Waals surface area contributed by atoms with Crippen molar-refractivity contribution in [1.29, 1.82) is 0 Å². The summed E-state index contributed by atoms with van der Waals surface area (Å²) in [6.45, 7) is 7.02. The molecular weight excluding hydrogens is 98.1 g/mol. The van der Waals surface area contributed by atoms with E-state index in [4.69, 9.17) is 0 Å². The van der Waals surface area contributed by atoms with E-state index < -0.39 is 0 Å². The zero-order valence-electron chi connectivity index (χ0n) is 5.56. The van der Waals surface area contributed by atoms with Crippen molar-refractivity contribution in [3.8, 4) is 0 Å². The number of likely N-dealkylation sites (tertiary alicyclic amines) is 1. The number of hydrogen-bond acceptors (Lipinski definition) is 1. The Bertz CT molecular complexity index is 55.4. The van der Waals surface area contributed by atoms with Gasteiger partial charge in [0.15, 0.2) is 0 Å². The average molecular weight is 112 g/mol. The molecular formula is C7H14N. The van der Waals surface area contributed by atoms with Crippen molar-refractivity contribution in [3.63, 3.8) is 0 Å². The van der Waals surface area contributed by atoms with Crippen LogP contribution in [0.15, 0.2) is 0 Å². The second kappa shape index (κ2) is 3.08. The smallest absolute Gasteiger partial charge is 0.0251 e. The predicted molar refractivity (Wildman–Crippen MR) is 35.4 cm³/mol. The molecule has 1 aliphatic heterocycles. The third kappa shape index (κ3) is 1.48. The number of piperidine rings is 1. The lowest BCUT2D eigenvalue weighted by molar-refractivity contribution is 0.295. The first-order valence-corrected chi connectivity index (χ1v) is 3.51. The highest BCUT2D eigenvalue weighted by Crippen LogP contribution is 2.10. The molecule has 1 rings (SSSR count). The molecule has 0 saturated carbocycles. The molecule has 1 aliphatic rings. The Balaban J connectivity index is 2.13. The molecule has 1 heterocycles. The SMILES string of the molecule is CCN1[CH]CCCC1. The summed E-state index contributed by atoms with van der Waals surface area (Å²) in [5.41, 5.74) is 0. The van der Waals surface area contributed by atoms with Gasteiger partial charge in [-0.3, -0.25) is 4.90 Å². The van der Waals surface area contributed by atoms with Crippen LogP contribution in [-0.2, 0) is 0 Å². The molecule has 8 heavy (non-hydrogen) atoms. The summed E-state index contributed by atoms with van der Waals surface area (Å²) < 4.78 is 0. The third-order valence-electron chi connectivity index (χ3n) is 1.69. The van der Waals surface area contributed by atoms with E-state index in [1.165, 1.54) is 32.4 Å². The van der Waals surface area contributed by atoms with Gasteiger partial charge in [0.25, 0.3) is 0 Å². The quantitative estimate of drug-likeness (QED) is 0.498. The topological polar surface area (TPSA) is 3.24 Å². The fourth-order valence-electron chi connectivity index (χ4n) is 1.11. The summed E-state index contributed by atoms with van der Waals surface area (Å²) in [6, 6.07) is 0. The minimum atomic E-state index is 1.19. The van der Waals surface area contributed by atoms with Gasteiger partial charge >= 0.3 is 0 Å². The molecule has 0 atom stereocenters. The first-order valence-electron chi connectivity index (χ1n) is 3.51. The standard InChI is InChI=1S/C7H14N/c1-2-8-6-4-3-5-7-8/h6H,2-5,7H2,1H3. The molecule has 0 spiro atoms. The van der Waals surface area contributed by atoms with Crippen LogP contribution in [0.2, 0.25) is 0 Å². The minimum Gasteiger partial charge on any atom is -0.299 e. The molecule has 0 aromatic rings. The molecule has 0 N–H and O–H groups in total. The monoisotopic (exact) mass is 112 g/mol. The van der Waals surface area contributed by atoms with Gasteiger partial charge in [-0.2, -0.15) is 0 Å². The Morgan fingerprint density at radius 3 is 2.75 bits per heavy atom. The highest BCUT2D eigenvalue weighted by molar-refractivity contribution is 4.72. The molecule has 0 bridgehead atoms. The molecule has 1 fully saturated rings.